The van der Waals surface area contributed by atoms with Gasteiger partial charge in [-0.1, -0.05) is 31.0 Å². The summed E-state index contributed by atoms with van der Waals surface area (Å²) in [4.78, 5) is 0. The molecule has 0 fully saturated rings. The summed E-state index contributed by atoms with van der Waals surface area (Å²) in [5.74, 6) is 0.999. The summed E-state index contributed by atoms with van der Waals surface area (Å²) < 4.78 is 5.97. The molecule has 0 amide bonds. The van der Waals surface area contributed by atoms with Crippen molar-refractivity contribution in [3.05, 3.63) is 29.3 Å². The molecule has 1 rings (SSSR count). The Labute approximate surface area is 129 Å². The molecule has 1 unspecified atom stereocenters. The highest BCUT2D eigenvalue weighted by Crippen LogP contribution is 2.26. The van der Waals surface area contributed by atoms with Gasteiger partial charge in [0, 0.05) is 18.2 Å². The lowest BCUT2D eigenvalue weighted by Gasteiger charge is -2.19. The third kappa shape index (κ3) is 6.96. The van der Waals surface area contributed by atoms with Crippen LogP contribution in [0.5, 0.6) is 5.75 Å². The number of hydrogen-bond donors (Lipinski definition) is 2. The number of nitrogens with one attached hydrogen (secondary N) is 1. The summed E-state index contributed by atoms with van der Waals surface area (Å²) in [5.41, 5.74) is 2.52. The molecule has 0 saturated heterocycles. The largest absolute Gasteiger partial charge is 0.493 e. The van der Waals surface area contributed by atoms with E-state index < -0.39 is 0 Å². The van der Waals surface area contributed by atoms with Crippen LogP contribution in [-0.4, -0.2) is 24.9 Å². The summed E-state index contributed by atoms with van der Waals surface area (Å²) in [6.45, 7) is 8.56. The average molecular weight is 293 g/mol. The van der Waals surface area contributed by atoms with Gasteiger partial charge >= 0.3 is 0 Å². The Kier molecular flexibility index (Phi) is 9.11. The van der Waals surface area contributed by atoms with E-state index in [1.165, 1.54) is 11.1 Å². The van der Waals surface area contributed by atoms with Gasteiger partial charge in [-0.3, -0.25) is 0 Å². The maximum Gasteiger partial charge on any atom is 0.124 e. The van der Waals surface area contributed by atoms with Crippen LogP contribution in [0.15, 0.2) is 18.2 Å². The predicted octanol–water partition coefficient (Wildman–Crippen LogP) is 3.99. The van der Waals surface area contributed by atoms with Crippen LogP contribution in [0, 0.1) is 6.92 Å². The quantitative estimate of drug-likeness (QED) is 0.606. The summed E-state index contributed by atoms with van der Waals surface area (Å²) in [5, 5.41) is 12.3. The van der Waals surface area contributed by atoms with Crippen molar-refractivity contribution >= 4 is 0 Å². The van der Waals surface area contributed by atoms with Crippen LogP contribution in [0.25, 0.3) is 0 Å². The normalized spacial score (nSPS) is 12.4. The predicted molar refractivity (Wildman–Crippen MR) is 88.9 cm³/mol. The summed E-state index contributed by atoms with van der Waals surface area (Å²) >= 11 is 0. The molecule has 2 N–H and O–H groups in total. The number of aliphatic hydroxyl groups excluding tert-OH is 1. The molecule has 1 atom stereocenters. The van der Waals surface area contributed by atoms with Crippen LogP contribution in [0.3, 0.4) is 0 Å². The molecule has 0 heterocycles. The number of rotatable bonds is 11. The second-order valence-electron chi connectivity index (χ2n) is 5.70. The van der Waals surface area contributed by atoms with Crippen LogP contribution >= 0.6 is 0 Å². The number of aliphatic hydroxyl groups is 1. The van der Waals surface area contributed by atoms with E-state index in [9.17, 15) is 0 Å². The lowest BCUT2D eigenvalue weighted by Crippen LogP contribution is -2.20. The fourth-order valence-electron chi connectivity index (χ4n) is 2.36. The first-order valence-corrected chi connectivity index (χ1v) is 8.26. The first kappa shape index (κ1) is 18.0. The summed E-state index contributed by atoms with van der Waals surface area (Å²) in [6.07, 6.45) is 5.27. The molecule has 0 spiro atoms. The van der Waals surface area contributed by atoms with Crippen molar-refractivity contribution in [2.75, 3.05) is 19.8 Å². The van der Waals surface area contributed by atoms with Gasteiger partial charge in [-0.2, -0.15) is 0 Å². The van der Waals surface area contributed by atoms with Crippen LogP contribution in [0.4, 0.5) is 0 Å². The van der Waals surface area contributed by atoms with Crippen LogP contribution < -0.4 is 10.1 Å². The molecule has 3 nitrogen and oxygen atoms in total. The second-order valence-corrected chi connectivity index (χ2v) is 5.70. The van der Waals surface area contributed by atoms with Crippen molar-refractivity contribution in [3.8, 4) is 5.75 Å². The Morgan fingerprint density at radius 2 is 1.95 bits per heavy atom. The molecule has 0 aliphatic carbocycles. The van der Waals surface area contributed by atoms with Gasteiger partial charge in [-0.25, -0.2) is 0 Å². The van der Waals surface area contributed by atoms with E-state index in [2.05, 4.69) is 44.3 Å². The van der Waals surface area contributed by atoms with E-state index in [0.717, 1.165) is 51.0 Å². The fraction of sp³-hybridized carbons (Fsp3) is 0.667. The van der Waals surface area contributed by atoms with Gasteiger partial charge in [0.25, 0.3) is 0 Å². The van der Waals surface area contributed by atoms with E-state index in [4.69, 9.17) is 9.84 Å². The molecule has 0 bridgehead atoms. The zero-order valence-corrected chi connectivity index (χ0v) is 13.8. The van der Waals surface area contributed by atoms with Gasteiger partial charge in [-0.05, 0) is 52.1 Å². The molecule has 21 heavy (non-hydrogen) atoms. The SMILES string of the molecule is CCCNC(C)c1cc(C)ccc1OCCCCCCO. The maximum atomic E-state index is 8.76. The number of unbranched alkanes of at least 4 members (excludes halogenated alkanes) is 3. The number of ether oxygens (including phenoxy) is 1. The second kappa shape index (κ2) is 10.6. The standard InChI is InChI=1S/C18H31NO2/c1-4-11-19-16(3)17-14-15(2)9-10-18(17)21-13-8-6-5-7-12-20/h9-10,14,16,19-20H,4-8,11-13H2,1-3H3. The molecule has 0 aliphatic rings. The van der Waals surface area contributed by atoms with Gasteiger partial charge in [0.15, 0.2) is 0 Å². The minimum Gasteiger partial charge on any atom is -0.493 e. The van der Waals surface area contributed by atoms with Gasteiger partial charge in [-0.15, -0.1) is 0 Å². The minimum absolute atomic E-state index is 0.295. The minimum atomic E-state index is 0.295. The third-order valence-corrected chi connectivity index (χ3v) is 3.64. The van der Waals surface area contributed by atoms with Gasteiger partial charge < -0.3 is 15.2 Å². The first-order chi connectivity index (χ1) is 10.2. The van der Waals surface area contributed by atoms with Crippen molar-refractivity contribution in [3.63, 3.8) is 0 Å². The van der Waals surface area contributed by atoms with Crippen molar-refractivity contribution in [1.82, 2.24) is 5.32 Å². The van der Waals surface area contributed by atoms with Crippen LogP contribution in [0.1, 0.15) is 63.1 Å². The third-order valence-electron chi connectivity index (χ3n) is 3.64. The van der Waals surface area contributed by atoms with Crippen LogP contribution in [-0.2, 0) is 0 Å². The monoisotopic (exact) mass is 293 g/mol. The molecule has 0 radical (unpaired) electrons. The van der Waals surface area contributed by atoms with Crippen molar-refractivity contribution in [2.24, 2.45) is 0 Å². The summed E-state index contributed by atoms with van der Waals surface area (Å²) in [7, 11) is 0. The Bertz CT molecular complexity index is 393. The van der Waals surface area contributed by atoms with Crippen molar-refractivity contribution in [2.45, 2.75) is 58.9 Å². The highest BCUT2D eigenvalue weighted by molar-refractivity contribution is 5.38. The van der Waals surface area contributed by atoms with E-state index in [-0.39, 0.29) is 0 Å². The van der Waals surface area contributed by atoms with Crippen LogP contribution in [0.2, 0.25) is 0 Å². The summed E-state index contributed by atoms with van der Waals surface area (Å²) in [6, 6.07) is 6.72. The molecule has 1 aromatic carbocycles. The molecular weight excluding hydrogens is 262 g/mol. The molecule has 0 saturated carbocycles. The van der Waals surface area contributed by atoms with Crippen molar-refractivity contribution in [1.29, 1.82) is 0 Å². The molecule has 0 aliphatic heterocycles. The van der Waals surface area contributed by atoms with E-state index in [1.807, 2.05) is 0 Å². The average Bonchev–Trinajstić information content (AvgIpc) is 2.49. The number of benzene rings is 1. The molecule has 3 heteroatoms. The smallest absolute Gasteiger partial charge is 0.124 e. The number of hydrogen-bond acceptors (Lipinski definition) is 3. The number of aryl methyl sites for hydroxylation is 1. The van der Waals surface area contributed by atoms with Crippen molar-refractivity contribution < 1.29 is 9.84 Å². The van der Waals surface area contributed by atoms with Gasteiger partial charge in [0.05, 0.1) is 6.61 Å². The zero-order chi connectivity index (χ0) is 15.5. The lowest BCUT2D eigenvalue weighted by molar-refractivity contribution is 0.272. The molecule has 1 aromatic rings. The lowest BCUT2D eigenvalue weighted by atomic mass is 10.0. The van der Waals surface area contributed by atoms with E-state index in [0.29, 0.717) is 12.6 Å². The zero-order valence-electron chi connectivity index (χ0n) is 13.8. The Balaban J connectivity index is 2.52. The first-order valence-electron chi connectivity index (χ1n) is 8.26. The maximum absolute atomic E-state index is 8.76. The Hall–Kier alpha value is -1.06. The Morgan fingerprint density at radius 3 is 2.67 bits per heavy atom. The molecular formula is C18H31NO2. The topological polar surface area (TPSA) is 41.5 Å². The molecule has 0 aromatic heterocycles. The van der Waals surface area contributed by atoms with E-state index in [1.54, 1.807) is 0 Å². The molecule has 120 valence electrons. The van der Waals surface area contributed by atoms with Gasteiger partial charge in [0.2, 0.25) is 0 Å². The highest BCUT2D eigenvalue weighted by atomic mass is 16.5. The fourth-order valence-corrected chi connectivity index (χ4v) is 2.36. The highest BCUT2D eigenvalue weighted by Gasteiger charge is 2.11. The van der Waals surface area contributed by atoms with Gasteiger partial charge in [0.1, 0.15) is 5.75 Å². The Morgan fingerprint density at radius 1 is 1.19 bits per heavy atom. The van der Waals surface area contributed by atoms with E-state index >= 15 is 0 Å².